The van der Waals surface area contributed by atoms with Crippen molar-refractivity contribution in [2.45, 2.75) is 25.1 Å². The molecule has 4 aliphatic heterocycles. The molecule has 8 rings (SSSR count). The van der Waals surface area contributed by atoms with Crippen LogP contribution < -0.4 is 34.3 Å². The summed E-state index contributed by atoms with van der Waals surface area (Å²) in [7, 11) is 1.52. The van der Waals surface area contributed by atoms with Gasteiger partial charge in [-0.05, 0) is 59.7 Å². The van der Waals surface area contributed by atoms with Crippen LogP contribution in [-0.2, 0) is 11.3 Å². The normalized spacial score (nSPS) is 18.9. The summed E-state index contributed by atoms with van der Waals surface area (Å²) >= 11 is 0. The monoisotopic (exact) mass is 667 g/mol. The summed E-state index contributed by atoms with van der Waals surface area (Å²) in [5, 5.41) is 5.81. The summed E-state index contributed by atoms with van der Waals surface area (Å²) < 4.78 is 44.5. The molecular formula is C37H34FN3O8. The van der Waals surface area contributed by atoms with Gasteiger partial charge in [0.05, 0.1) is 24.3 Å². The van der Waals surface area contributed by atoms with Crippen molar-refractivity contribution < 1.29 is 42.5 Å². The fourth-order valence-corrected chi connectivity index (χ4v) is 6.21. The summed E-state index contributed by atoms with van der Waals surface area (Å²) in [5.74, 6) is 0.279. The topological polar surface area (TPSA) is 125 Å². The Hall–Kier alpha value is -5.78. The minimum absolute atomic E-state index is 0.0850. The fourth-order valence-electron chi connectivity index (χ4n) is 6.21. The van der Waals surface area contributed by atoms with Crippen LogP contribution in [0.1, 0.15) is 32.7 Å². The summed E-state index contributed by atoms with van der Waals surface area (Å²) in [6.45, 7) is 1.09. The standard InChI is InChI=1S/C37H34FN3O8/c1-45-33-18-26-10-8-24(33)19-39-34(42)21-48-25-5-2-4-22(16-25)23-9-11-29(38)28(17-23)36(43)40-30-20-41(13-12-31(30)49-26)37(44)27-6-3-7-32-35(27)47-15-14-46-32/h2-11,16-18,30-31H,12-15,19-21H2,1H3,(H,39,42)(H,40,43)/t30-,31+/m1/s1. The lowest BCUT2D eigenvalue weighted by atomic mass is 9.98. The lowest BCUT2D eigenvalue weighted by Crippen LogP contribution is -2.58. The van der Waals surface area contributed by atoms with E-state index in [1.807, 2.05) is 0 Å². The van der Waals surface area contributed by atoms with Gasteiger partial charge in [-0.25, -0.2) is 4.39 Å². The molecular weight excluding hydrogens is 633 g/mol. The lowest BCUT2D eigenvalue weighted by Gasteiger charge is -2.39. The molecule has 4 heterocycles. The third-order valence-electron chi connectivity index (χ3n) is 8.72. The Labute approximate surface area is 281 Å². The van der Waals surface area contributed by atoms with Crippen molar-refractivity contribution in [2.75, 3.05) is 40.0 Å². The second-order valence-corrected chi connectivity index (χ2v) is 11.9. The predicted molar refractivity (Wildman–Crippen MR) is 176 cm³/mol. The van der Waals surface area contributed by atoms with E-state index in [2.05, 4.69) is 10.6 Å². The number of ether oxygens (including phenoxy) is 5. The first-order valence-corrected chi connectivity index (χ1v) is 16.0. The number of likely N-dealkylation sites (tertiary alicyclic amines) is 1. The Kier molecular flexibility index (Phi) is 8.93. The maximum absolute atomic E-state index is 15.3. The molecule has 0 aliphatic carbocycles. The van der Waals surface area contributed by atoms with E-state index < -0.39 is 23.9 Å². The highest BCUT2D eigenvalue weighted by molar-refractivity contribution is 5.98. The quantitative estimate of drug-likeness (QED) is 0.323. The van der Waals surface area contributed by atoms with Crippen LogP contribution in [0.25, 0.3) is 11.1 Å². The first kappa shape index (κ1) is 31.8. The maximum Gasteiger partial charge on any atom is 0.258 e. The van der Waals surface area contributed by atoms with Crippen molar-refractivity contribution in [1.82, 2.24) is 15.5 Å². The van der Waals surface area contributed by atoms with Gasteiger partial charge in [-0.3, -0.25) is 14.4 Å². The Balaban J connectivity index is 1.23. The number of halogens is 1. The Bertz CT molecular complexity index is 1920. The molecule has 0 saturated carbocycles. The second kappa shape index (κ2) is 13.8. The predicted octanol–water partition coefficient (Wildman–Crippen LogP) is 4.37. The van der Waals surface area contributed by atoms with Gasteiger partial charge in [0.15, 0.2) is 18.1 Å². The molecule has 11 nitrogen and oxygen atoms in total. The number of rotatable bonds is 2. The number of methoxy groups -OCH3 is 1. The van der Waals surface area contributed by atoms with Crippen molar-refractivity contribution in [1.29, 1.82) is 0 Å². The molecule has 2 atom stereocenters. The van der Waals surface area contributed by atoms with Crippen molar-refractivity contribution in [3.63, 3.8) is 0 Å². The van der Waals surface area contributed by atoms with Crippen LogP contribution in [0.5, 0.6) is 28.7 Å². The summed E-state index contributed by atoms with van der Waals surface area (Å²) in [4.78, 5) is 42.0. The molecule has 2 N–H and O–H groups in total. The number of amides is 3. The van der Waals surface area contributed by atoms with Gasteiger partial charge in [-0.15, -0.1) is 0 Å². The number of para-hydroxylation sites is 1. The molecule has 0 unspecified atom stereocenters. The van der Waals surface area contributed by atoms with E-state index in [1.165, 1.54) is 19.2 Å². The number of nitrogens with one attached hydrogen (secondary N) is 2. The molecule has 0 radical (unpaired) electrons. The molecule has 49 heavy (non-hydrogen) atoms. The van der Waals surface area contributed by atoms with Crippen LogP contribution in [0.3, 0.4) is 0 Å². The minimum Gasteiger partial charge on any atom is -0.496 e. The van der Waals surface area contributed by atoms with Gasteiger partial charge in [0.2, 0.25) is 0 Å². The smallest absolute Gasteiger partial charge is 0.258 e. The third kappa shape index (κ3) is 6.80. The molecule has 4 aliphatic rings. The van der Waals surface area contributed by atoms with Crippen molar-refractivity contribution in [3.05, 3.63) is 101 Å². The number of fused-ring (bicyclic) bond motifs is 8. The van der Waals surface area contributed by atoms with Crippen molar-refractivity contribution in [2.24, 2.45) is 0 Å². The molecule has 4 aromatic carbocycles. The van der Waals surface area contributed by atoms with Crippen LogP contribution in [0.15, 0.2) is 78.9 Å². The second-order valence-electron chi connectivity index (χ2n) is 11.9. The highest BCUT2D eigenvalue weighted by Gasteiger charge is 2.36. The van der Waals surface area contributed by atoms with Crippen LogP contribution in [-0.4, -0.2) is 74.8 Å². The molecule has 12 heteroatoms. The van der Waals surface area contributed by atoms with E-state index >= 15 is 4.39 Å². The molecule has 1 fully saturated rings. The van der Waals surface area contributed by atoms with Crippen molar-refractivity contribution >= 4 is 17.7 Å². The van der Waals surface area contributed by atoms with E-state index in [0.717, 1.165) is 5.56 Å². The van der Waals surface area contributed by atoms with Crippen molar-refractivity contribution in [3.8, 4) is 39.9 Å². The minimum atomic E-state index is -0.725. The molecule has 1 saturated heterocycles. The number of nitrogens with zero attached hydrogens (tertiary/aromatic N) is 1. The number of benzene rings is 4. The Morgan fingerprint density at radius 2 is 1.76 bits per heavy atom. The number of piperidine rings is 1. The van der Waals surface area contributed by atoms with E-state index in [0.29, 0.717) is 71.6 Å². The lowest BCUT2D eigenvalue weighted by molar-refractivity contribution is -0.123. The summed E-state index contributed by atoms with van der Waals surface area (Å²) in [5.41, 5.74) is 2.14. The van der Waals surface area contributed by atoms with E-state index in [9.17, 15) is 14.4 Å². The molecule has 0 spiro atoms. The number of carbonyl (C=O) groups excluding carboxylic acids is 3. The average molecular weight is 668 g/mol. The van der Waals surface area contributed by atoms with Crippen LogP contribution in [0.4, 0.5) is 4.39 Å². The van der Waals surface area contributed by atoms with Gasteiger partial charge in [-0.1, -0.05) is 24.3 Å². The number of hydrogen-bond donors (Lipinski definition) is 2. The highest BCUT2D eigenvalue weighted by Crippen LogP contribution is 2.35. The highest BCUT2D eigenvalue weighted by atomic mass is 19.1. The van der Waals surface area contributed by atoms with Gasteiger partial charge in [0, 0.05) is 37.7 Å². The van der Waals surface area contributed by atoms with Gasteiger partial charge >= 0.3 is 0 Å². The van der Waals surface area contributed by atoms with Gasteiger partial charge in [-0.2, -0.15) is 0 Å². The van der Waals surface area contributed by atoms with Crippen LogP contribution in [0.2, 0.25) is 0 Å². The molecule has 3 amide bonds. The molecule has 252 valence electrons. The van der Waals surface area contributed by atoms with E-state index in [1.54, 1.807) is 71.6 Å². The zero-order valence-electron chi connectivity index (χ0n) is 26.7. The zero-order valence-corrected chi connectivity index (χ0v) is 26.7. The average Bonchev–Trinajstić information content (AvgIpc) is 3.13. The van der Waals surface area contributed by atoms with Crippen LogP contribution in [0, 0.1) is 5.82 Å². The van der Waals surface area contributed by atoms with Gasteiger partial charge in [0.1, 0.15) is 42.4 Å². The Morgan fingerprint density at radius 3 is 2.63 bits per heavy atom. The Morgan fingerprint density at radius 1 is 0.918 bits per heavy atom. The molecule has 6 bridgehead atoms. The number of carbonyl (C=O) groups is 3. The third-order valence-corrected chi connectivity index (χ3v) is 8.72. The number of hydrogen-bond acceptors (Lipinski definition) is 8. The van der Waals surface area contributed by atoms with E-state index in [-0.39, 0.29) is 37.1 Å². The summed E-state index contributed by atoms with van der Waals surface area (Å²) in [6.07, 6.45) is -0.225. The largest absolute Gasteiger partial charge is 0.496 e. The molecule has 4 aromatic rings. The van der Waals surface area contributed by atoms with Gasteiger partial charge in [0.25, 0.3) is 17.7 Å². The van der Waals surface area contributed by atoms with E-state index in [4.69, 9.17) is 23.7 Å². The first-order chi connectivity index (χ1) is 23.9. The van der Waals surface area contributed by atoms with Gasteiger partial charge < -0.3 is 39.2 Å². The van der Waals surface area contributed by atoms with Crippen LogP contribution >= 0.6 is 0 Å². The summed E-state index contributed by atoms with van der Waals surface area (Å²) in [6, 6.07) is 20.9. The zero-order chi connectivity index (χ0) is 33.9. The SMILES string of the molecule is COc1cc2ccc1CNC(=O)COc1cccc(c1)-c1ccc(F)c(c1)C(=O)N[C@@H]1CN(C(=O)c3cccc4c3OCCO4)CC[C@@H]1O2. The molecule has 0 aromatic heterocycles. The fraction of sp³-hybridized carbons (Fsp3) is 0.270. The maximum atomic E-state index is 15.3. The first-order valence-electron chi connectivity index (χ1n) is 16.0.